The van der Waals surface area contributed by atoms with Crippen molar-refractivity contribution < 1.29 is 15.0 Å². The number of aliphatic hydroxyl groups excluding tert-OH is 2. The quantitative estimate of drug-likeness (QED) is 0.894. The summed E-state index contributed by atoms with van der Waals surface area (Å²) in [5.74, 6) is -0.403. The molecule has 2 unspecified atom stereocenters. The minimum atomic E-state index is -1.47. The van der Waals surface area contributed by atoms with E-state index in [0.29, 0.717) is 18.1 Å². The summed E-state index contributed by atoms with van der Waals surface area (Å²) in [4.78, 5) is 18.6. The zero-order chi connectivity index (χ0) is 17.3. The second-order valence-corrected chi connectivity index (χ2v) is 8.31. The number of nitrogens with zero attached hydrogens (tertiary/aromatic N) is 2. The van der Waals surface area contributed by atoms with E-state index < -0.39 is 18.1 Å². The highest BCUT2D eigenvalue weighted by molar-refractivity contribution is 7.18. The van der Waals surface area contributed by atoms with E-state index in [9.17, 15) is 15.0 Å². The van der Waals surface area contributed by atoms with Crippen LogP contribution in [0.1, 0.15) is 44.2 Å². The highest BCUT2D eigenvalue weighted by Crippen LogP contribution is 2.31. The topological polar surface area (TPSA) is 73.7 Å². The molecule has 1 aliphatic rings. The Hall–Kier alpha value is -1.50. The smallest absolute Gasteiger partial charge is 0.254 e. The summed E-state index contributed by atoms with van der Waals surface area (Å²) in [7, 11) is 0. The molecule has 1 amide bonds. The molecule has 2 N–H and O–H groups in total. The minimum Gasteiger partial charge on any atom is -0.383 e. The number of likely N-dealkylation sites (tertiary alicyclic amines) is 1. The van der Waals surface area contributed by atoms with Crippen molar-refractivity contribution in [1.29, 1.82) is 0 Å². The number of thiazole rings is 1. The number of fused-ring (bicyclic) bond motifs is 1. The van der Waals surface area contributed by atoms with Crippen molar-refractivity contribution in [2.45, 2.75) is 45.3 Å². The number of benzene rings is 1. The van der Waals surface area contributed by atoms with E-state index in [2.05, 4.69) is 18.8 Å². The molecule has 0 saturated carbocycles. The molecule has 1 aromatic heterocycles. The molecule has 2 heterocycles. The number of carbonyl (C=O) groups excluding carboxylic acids is 1. The van der Waals surface area contributed by atoms with Crippen LogP contribution in [-0.2, 0) is 4.79 Å². The van der Waals surface area contributed by atoms with Gasteiger partial charge in [0.2, 0.25) is 0 Å². The van der Waals surface area contributed by atoms with Gasteiger partial charge in [0.05, 0.1) is 10.2 Å². The molecule has 1 aromatic carbocycles. The van der Waals surface area contributed by atoms with Gasteiger partial charge in [-0.15, -0.1) is 11.3 Å². The van der Waals surface area contributed by atoms with E-state index in [-0.39, 0.29) is 5.41 Å². The van der Waals surface area contributed by atoms with Gasteiger partial charge in [0.25, 0.3) is 5.91 Å². The van der Waals surface area contributed by atoms with E-state index in [4.69, 9.17) is 0 Å². The van der Waals surface area contributed by atoms with Gasteiger partial charge in [-0.1, -0.05) is 26.0 Å². The van der Waals surface area contributed by atoms with Crippen LogP contribution in [0.3, 0.4) is 0 Å². The Kier molecular flexibility index (Phi) is 4.90. The maximum absolute atomic E-state index is 12.6. The van der Waals surface area contributed by atoms with Crippen molar-refractivity contribution >= 4 is 27.5 Å². The van der Waals surface area contributed by atoms with Gasteiger partial charge < -0.3 is 15.1 Å². The van der Waals surface area contributed by atoms with Crippen LogP contribution in [-0.4, -0.2) is 45.2 Å². The van der Waals surface area contributed by atoms with Crippen LogP contribution in [0.25, 0.3) is 10.2 Å². The van der Waals surface area contributed by atoms with Crippen molar-refractivity contribution in [1.82, 2.24) is 9.88 Å². The van der Waals surface area contributed by atoms with Crippen LogP contribution in [0.5, 0.6) is 0 Å². The first-order chi connectivity index (χ1) is 11.4. The molecule has 5 nitrogen and oxygen atoms in total. The lowest BCUT2D eigenvalue weighted by molar-refractivity contribution is -0.146. The van der Waals surface area contributed by atoms with Crippen LogP contribution in [0.4, 0.5) is 0 Å². The van der Waals surface area contributed by atoms with Crippen molar-refractivity contribution in [2.75, 3.05) is 13.1 Å². The van der Waals surface area contributed by atoms with Gasteiger partial charge in [0.15, 0.2) is 6.10 Å². The summed E-state index contributed by atoms with van der Waals surface area (Å²) >= 11 is 1.31. The molecule has 1 fully saturated rings. The summed E-state index contributed by atoms with van der Waals surface area (Å²) in [6, 6.07) is 7.54. The first-order valence-electron chi connectivity index (χ1n) is 8.38. The van der Waals surface area contributed by atoms with Crippen LogP contribution < -0.4 is 0 Å². The van der Waals surface area contributed by atoms with Crippen molar-refractivity contribution in [3.05, 3.63) is 29.3 Å². The summed E-state index contributed by atoms with van der Waals surface area (Å²) < 4.78 is 0.933. The molecule has 2 aromatic rings. The molecule has 6 heteroatoms. The standard InChI is InChI=1S/C18H24N2O3S/c1-18(2)8-5-10-20(11-9-18)17(23)15(22)14(21)16-19-12-6-3-4-7-13(12)24-16/h3-4,6-7,14-15,21-22H,5,8-11H2,1-2H3. The minimum absolute atomic E-state index is 0.214. The van der Waals surface area contributed by atoms with Crippen LogP contribution in [0.15, 0.2) is 24.3 Å². The van der Waals surface area contributed by atoms with Gasteiger partial charge in [0.1, 0.15) is 11.1 Å². The largest absolute Gasteiger partial charge is 0.383 e. The van der Waals surface area contributed by atoms with E-state index in [0.717, 1.165) is 29.5 Å². The van der Waals surface area contributed by atoms with Gasteiger partial charge >= 0.3 is 0 Å². The first kappa shape index (κ1) is 17.3. The summed E-state index contributed by atoms with van der Waals surface area (Å²) in [6.07, 6.45) is 0.136. The molecule has 0 radical (unpaired) electrons. The Morgan fingerprint density at radius 3 is 2.75 bits per heavy atom. The van der Waals surface area contributed by atoms with E-state index in [1.54, 1.807) is 4.90 Å². The molecular formula is C18H24N2O3S. The Balaban J connectivity index is 1.72. The van der Waals surface area contributed by atoms with Crippen molar-refractivity contribution in [3.8, 4) is 0 Å². The number of carbonyl (C=O) groups is 1. The highest BCUT2D eigenvalue weighted by Gasteiger charge is 2.33. The Morgan fingerprint density at radius 1 is 1.25 bits per heavy atom. The zero-order valence-corrected chi connectivity index (χ0v) is 14.9. The SMILES string of the molecule is CC1(C)CCCN(C(=O)C(O)C(O)c2nc3ccccc3s2)CC1. The third-order valence-corrected chi connectivity index (χ3v) is 5.87. The molecular weight excluding hydrogens is 324 g/mol. The molecule has 24 heavy (non-hydrogen) atoms. The number of aromatic nitrogens is 1. The molecule has 0 bridgehead atoms. The fraction of sp³-hybridized carbons (Fsp3) is 0.556. The third-order valence-electron chi connectivity index (χ3n) is 4.77. The van der Waals surface area contributed by atoms with Gasteiger partial charge in [-0.05, 0) is 36.8 Å². The van der Waals surface area contributed by atoms with E-state index in [1.165, 1.54) is 11.3 Å². The highest BCUT2D eigenvalue weighted by atomic mass is 32.1. The number of hydrogen-bond acceptors (Lipinski definition) is 5. The van der Waals surface area contributed by atoms with Crippen molar-refractivity contribution in [3.63, 3.8) is 0 Å². The van der Waals surface area contributed by atoms with Gasteiger partial charge in [-0.2, -0.15) is 0 Å². The number of hydrogen-bond donors (Lipinski definition) is 2. The molecule has 2 atom stereocenters. The molecule has 1 saturated heterocycles. The summed E-state index contributed by atoms with van der Waals surface area (Å²) in [6.45, 7) is 5.65. The van der Waals surface area contributed by atoms with Gasteiger partial charge in [0, 0.05) is 13.1 Å². The number of para-hydroxylation sites is 1. The number of amides is 1. The number of rotatable bonds is 3. The predicted molar refractivity (Wildman–Crippen MR) is 94.8 cm³/mol. The fourth-order valence-electron chi connectivity index (χ4n) is 3.12. The monoisotopic (exact) mass is 348 g/mol. The average Bonchev–Trinajstić information content (AvgIpc) is 2.91. The lowest BCUT2D eigenvalue weighted by Gasteiger charge is -2.26. The lowest BCUT2D eigenvalue weighted by Crippen LogP contribution is -2.42. The van der Waals surface area contributed by atoms with Crippen LogP contribution in [0.2, 0.25) is 0 Å². The van der Waals surface area contributed by atoms with E-state index in [1.807, 2.05) is 24.3 Å². The second kappa shape index (κ2) is 6.78. The third kappa shape index (κ3) is 3.61. The van der Waals surface area contributed by atoms with Gasteiger partial charge in [-0.3, -0.25) is 4.79 Å². The van der Waals surface area contributed by atoms with Gasteiger partial charge in [-0.25, -0.2) is 4.98 Å². The van der Waals surface area contributed by atoms with Crippen molar-refractivity contribution in [2.24, 2.45) is 5.41 Å². The molecule has 130 valence electrons. The van der Waals surface area contributed by atoms with Crippen LogP contribution >= 0.6 is 11.3 Å². The molecule has 0 spiro atoms. The van der Waals surface area contributed by atoms with Crippen LogP contribution in [0, 0.1) is 5.41 Å². The predicted octanol–water partition coefficient (Wildman–Crippen LogP) is 2.73. The molecule has 0 aliphatic carbocycles. The maximum atomic E-state index is 12.6. The maximum Gasteiger partial charge on any atom is 0.254 e. The first-order valence-corrected chi connectivity index (χ1v) is 9.19. The average molecular weight is 348 g/mol. The second-order valence-electron chi connectivity index (χ2n) is 7.25. The van der Waals surface area contributed by atoms with E-state index >= 15 is 0 Å². The Labute approximate surface area is 145 Å². The molecule has 3 rings (SSSR count). The Bertz CT molecular complexity index is 695. The zero-order valence-electron chi connectivity index (χ0n) is 14.1. The summed E-state index contributed by atoms with van der Waals surface area (Å²) in [5.41, 5.74) is 0.985. The normalized spacial score (nSPS) is 20.6. The summed E-state index contributed by atoms with van der Waals surface area (Å²) in [5, 5.41) is 21.2. The Morgan fingerprint density at radius 2 is 2.00 bits per heavy atom. The molecule has 1 aliphatic heterocycles. The lowest BCUT2D eigenvalue weighted by atomic mass is 9.85. The number of aliphatic hydroxyl groups is 2. The fourth-order valence-corrected chi connectivity index (χ4v) is 4.10.